The first-order valence-electron chi connectivity index (χ1n) is 4.44. The molecular formula is C11H11ClF2O. The van der Waals surface area contributed by atoms with Gasteiger partial charge in [-0.2, -0.15) is 0 Å². The molecule has 0 unspecified atom stereocenters. The molecule has 0 saturated heterocycles. The molecule has 1 nitrogen and oxygen atoms in total. The van der Waals surface area contributed by atoms with Gasteiger partial charge in [-0.3, -0.25) is 4.79 Å². The van der Waals surface area contributed by atoms with Crippen molar-refractivity contribution >= 4 is 17.4 Å². The van der Waals surface area contributed by atoms with E-state index in [2.05, 4.69) is 0 Å². The lowest BCUT2D eigenvalue weighted by molar-refractivity contribution is 0.0857. The van der Waals surface area contributed by atoms with Crippen molar-refractivity contribution in [2.75, 3.05) is 5.88 Å². The smallest absolute Gasteiger partial charge is 0.172 e. The fourth-order valence-corrected chi connectivity index (χ4v) is 1.22. The van der Waals surface area contributed by atoms with Crippen LogP contribution in [0.15, 0.2) is 18.2 Å². The van der Waals surface area contributed by atoms with E-state index in [1.165, 1.54) is 0 Å². The van der Waals surface area contributed by atoms with Gasteiger partial charge in [0.15, 0.2) is 5.78 Å². The molecule has 0 aliphatic rings. The lowest BCUT2D eigenvalue weighted by Crippen LogP contribution is -2.27. The summed E-state index contributed by atoms with van der Waals surface area (Å²) in [5, 5.41) is 0. The van der Waals surface area contributed by atoms with E-state index >= 15 is 0 Å². The Morgan fingerprint density at radius 1 is 1.40 bits per heavy atom. The van der Waals surface area contributed by atoms with Crippen LogP contribution in [0.4, 0.5) is 8.78 Å². The van der Waals surface area contributed by atoms with E-state index in [0.29, 0.717) is 6.07 Å². The van der Waals surface area contributed by atoms with Gasteiger partial charge in [0.2, 0.25) is 0 Å². The summed E-state index contributed by atoms with van der Waals surface area (Å²) in [7, 11) is 0. The van der Waals surface area contributed by atoms with Crippen molar-refractivity contribution in [1.82, 2.24) is 0 Å². The average Bonchev–Trinajstić information content (AvgIpc) is 2.17. The lowest BCUT2D eigenvalue weighted by Gasteiger charge is -2.19. The number of alkyl halides is 1. The van der Waals surface area contributed by atoms with Gasteiger partial charge < -0.3 is 0 Å². The summed E-state index contributed by atoms with van der Waals surface area (Å²) < 4.78 is 25.9. The Kier molecular flexibility index (Phi) is 3.45. The molecule has 1 aromatic carbocycles. The van der Waals surface area contributed by atoms with Gasteiger partial charge in [-0.1, -0.05) is 13.8 Å². The zero-order chi connectivity index (χ0) is 11.6. The van der Waals surface area contributed by atoms with E-state index in [1.807, 2.05) is 0 Å². The number of Topliss-reactive ketones (excluding diaryl/α,β-unsaturated/α-hetero) is 1. The van der Waals surface area contributed by atoms with E-state index in [9.17, 15) is 13.6 Å². The third-order valence-electron chi connectivity index (χ3n) is 2.12. The molecule has 0 radical (unpaired) electrons. The summed E-state index contributed by atoms with van der Waals surface area (Å²) in [6, 6.07) is 2.89. The second-order valence-electron chi connectivity index (χ2n) is 3.97. The summed E-state index contributed by atoms with van der Waals surface area (Å²) in [5.74, 6) is -1.89. The fourth-order valence-electron chi connectivity index (χ4n) is 1.10. The highest BCUT2D eigenvalue weighted by molar-refractivity contribution is 6.21. The molecule has 0 aromatic heterocycles. The monoisotopic (exact) mass is 232 g/mol. The Hall–Kier alpha value is -0.960. The van der Waals surface area contributed by atoms with Crippen LogP contribution in [0.5, 0.6) is 0 Å². The first kappa shape index (κ1) is 12.1. The number of carbonyl (C=O) groups is 1. The summed E-state index contributed by atoms with van der Waals surface area (Å²) in [6.45, 7) is 3.23. The van der Waals surface area contributed by atoms with Gasteiger partial charge >= 0.3 is 0 Å². The Morgan fingerprint density at radius 3 is 2.47 bits per heavy atom. The first-order valence-corrected chi connectivity index (χ1v) is 4.98. The van der Waals surface area contributed by atoms with E-state index in [-0.39, 0.29) is 11.4 Å². The quantitative estimate of drug-likeness (QED) is 0.577. The number of hydrogen-bond donors (Lipinski definition) is 0. The number of benzene rings is 1. The Labute approximate surface area is 92.1 Å². The molecule has 1 rings (SSSR count). The van der Waals surface area contributed by atoms with Crippen LogP contribution in [0, 0.1) is 17.0 Å². The van der Waals surface area contributed by atoms with Crippen LogP contribution in [0.3, 0.4) is 0 Å². The zero-order valence-corrected chi connectivity index (χ0v) is 9.24. The van der Waals surface area contributed by atoms with Gasteiger partial charge in [0.1, 0.15) is 11.6 Å². The lowest BCUT2D eigenvalue weighted by atomic mass is 9.86. The first-order chi connectivity index (χ1) is 6.88. The number of carbonyl (C=O) groups excluding carboxylic acids is 1. The summed E-state index contributed by atoms with van der Waals surface area (Å²) in [5.41, 5.74) is -0.970. The molecule has 0 spiro atoms. The van der Waals surface area contributed by atoms with Crippen LogP contribution in [-0.4, -0.2) is 11.7 Å². The highest BCUT2D eigenvalue weighted by atomic mass is 35.5. The molecule has 0 amide bonds. The summed E-state index contributed by atoms with van der Waals surface area (Å²) >= 11 is 5.60. The van der Waals surface area contributed by atoms with Gasteiger partial charge in [0, 0.05) is 17.4 Å². The standard InChI is InChI=1S/C11H11ClF2O/c1-11(2,6-12)10(15)8-4-3-7(13)5-9(8)14/h3-5H,6H2,1-2H3. The Bertz CT molecular complexity index is 388. The molecule has 15 heavy (non-hydrogen) atoms. The van der Waals surface area contributed by atoms with Crippen molar-refractivity contribution in [1.29, 1.82) is 0 Å². The normalized spacial score (nSPS) is 11.5. The van der Waals surface area contributed by atoms with Crippen molar-refractivity contribution in [2.45, 2.75) is 13.8 Å². The Morgan fingerprint density at radius 2 is 2.00 bits per heavy atom. The number of hydrogen-bond acceptors (Lipinski definition) is 1. The van der Waals surface area contributed by atoms with Crippen molar-refractivity contribution in [3.05, 3.63) is 35.4 Å². The molecule has 0 saturated carbocycles. The van der Waals surface area contributed by atoms with Gasteiger partial charge in [0.25, 0.3) is 0 Å². The highest BCUT2D eigenvalue weighted by Gasteiger charge is 2.29. The molecule has 0 fully saturated rings. The highest BCUT2D eigenvalue weighted by Crippen LogP contribution is 2.25. The third-order valence-corrected chi connectivity index (χ3v) is 2.79. The van der Waals surface area contributed by atoms with Crippen molar-refractivity contribution in [3.63, 3.8) is 0 Å². The van der Waals surface area contributed by atoms with Crippen LogP contribution in [0.25, 0.3) is 0 Å². The molecule has 4 heteroatoms. The van der Waals surface area contributed by atoms with Gasteiger partial charge in [-0.15, -0.1) is 11.6 Å². The average molecular weight is 233 g/mol. The van der Waals surface area contributed by atoms with Crippen LogP contribution in [0.2, 0.25) is 0 Å². The number of ketones is 1. The Balaban J connectivity index is 3.12. The van der Waals surface area contributed by atoms with E-state index < -0.39 is 22.8 Å². The molecule has 0 bridgehead atoms. The minimum absolute atomic E-state index is 0.0860. The summed E-state index contributed by atoms with van der Waals surface area (Å²) in [4.78, 5) is 11.8. The van der Waals surface area contributed by atoms with Gasteiger partial charge in [-0.05, 0) is 12.1 Å². The van der Waals surface area contributed by atoms with Crippen LogP contribution in [0.1, 0.15) is 24.2 Å². The van der Waals surface area contributed by atoms with Crippen molar-refractivity contribution < 1.29 is 13.6 Å². The van der Waals surface area contributed by atoms with Gasteiger partial charge in [0.05, 0.1) is 5.56 Å². The maximum absolute atomic E-state index is 13.3. The predicted molar refractivity (Wildman–Crippen MR) is 55.2 cm³/mol. The zero-order valence-electron chi connectivity index (χ0n) is 8.48. The second kappa shape index (κ2) is 4.27. The maximum Gasteiger partial charge on any atom is 0.172 e. The van der Waals surface area contributed by atoms with Crippen LogP contribution < -0.4 is 0 Å². The molecule has 0 heterocycles. The van der Waals surface area contributed by atoms with Crippen LogP contribution >= 0.6 is 11.6 Å². The van der Waals surface area contributed by atoms with Crippen molar-refractivity contribution in [3.8, 4) is 0 Å². The minimum Gasteiger partial charge on any atom is -0.293 e. The molecule has 1 aromatic rings. The number of halogens is 3. The maximum atomic E-state index is 13.3. The summed E-state index contributed by atoms with van der Waals surface area (Å²) in [6.07, 6.45) is 0. The van der Waals surface area contributed by atoms with E-state index in [4.69, 9.17) is 11.6 Å². The van der Waals surface area contributed by atoms with Gasteiger partial charge in [-0.25, -0.2) is 8.78 Å². The molecular weight excluding hydrogens is 222 g/mol. The predicted octanol–water partition coefficient (Wildman–Crippen LogP) is 3.41. The molecule has 0 atom stereocenters. The fraction of sp³-hybridized carbons (Fsp3) is 0.364. The molecule has 0 N–H and O–H groups in total. The van der Waals surface area contributed by atoms with E-state index in [1.54, 1.807) is 13.8 Å². The van der Waals surface area contributed by atoms with Crippen LogP contribution in [-0.2, 0) is 0 Å². The largest absolute Gasteiger partial charge is 0.293 e. The van der Waals surface area contributed by atoms with Crippen molar-refractivity contribution in [2.24, 2.45) is 5.41 Å². The molecule has 0 aliphatic carbocycles. The topological polar surface area (TPSA) is 17.1 Å². The third kappa shape index (κ3) is 2.53. The SMILES string of the molecule is CC(C)(CCl)C(=O)c1ccc(F)cc1F. The number of rotatable bonds is 3. The minimum atomic E-state index is -0.849. The second-order valence-corrected chi connectivity index (χ2v) is 4.24. The molecule has 0 aliphatic heterocycles. The van der Waals surface area contributed by atoms with E-state index in [0.717, 1.165) is 12.1 Å². The molecule has 82 valence electrons.